The topological polar surface area (TPSA) is 37.6 Å². The number of amides is 1. The van der Waals surface area contributed by atoms with Crippen LogP contribution in [0.4, 0.5) is 5.69 Å². The Labute approximate surface area is 139 Å². The van der Waals surface area contributed by atoms with Crippen LogP contribution >= 0.6 is 11.6 Å². The van der Waals surface area contributed by atoms with Crippen molar-refractivity contribution in [3.63, 3.8) is 0 Å². The van der Waals surface area contributed by atoms with Gasteiger partial charge in [-0.3, -0.25) is 9.20 Å². The Morgan fingerprint density at radius 1 is 1.26 bits per heavy atom. The molecule has 4 nitrogen and oxygen atoms in total. The van der Waals surface area contributed by atoms with Gasteiger partial charge in [0.05, 0.1) is 5.69 Å². The molecule has 0 saturated heterocycles. The first-order chi connectivity index (χ1) is 11.1. The van der Waals surface area contributed by atoms with Crippen LogP contribution in [0.3, 0.4) is 0 Å². The molecule has 0 aliphatic carbocycles. The van der Waals surface area contributed by atoms with Crippen LogP contribution in [0.2, 0.25) is 5.02 Å². The molecule has 0 radical (unpaired) electrons. The molecule has 4 rings (SSSR count). The van der Waals surface area contributed by atoms with Crippen molar-refractivity contribution in [2.45, 2.75) is 19.8 Å². The molecule has 2 aromatic heterocycles. The van der Waals surface area contributed by atoms with Crippen molar-refractivity contribution in [2.75, 3.05) is 11.4 Å². The molecular formula is C18H16ClN3O. The van der Waals surface area contributed by atoms with Crippen molar-refractivity contribution in [1.82, 2.24) is 9.38 Å². The summed E-state index contributed by atoms with van der Waals surface area (Å²) in [4.78, 5) is 19.5. The van der Waals surface area contributed by atoms with E-state index in [-0.39, 0.29) is 5.91 Å². The van der Waals surface area contributed by atoms with Crippen LogP contribution in [-0.4, -0.2) is 21.8 Å². The van der Waals surface area contributed by atoms with Crippen molar-refractivity contribution >= 4 is 28.8 Å². The number of nitrogens with zero attached hydrogens (tertiary/aromatic N) is 3. The van der Waals surface area contributed by atoms with Crippen molar-refractivity contribution in [3.05, 3.63) is 64.6 Å². The Morgan fingerprint density at radius 3 is 2.96 bits per heavy atom. The fourth-order valence-electron chi connectivity index (χ4n) is 3.27. The molecule has 0 N–H and O–H groups in total. The summed E-state index contributed by atoms with van der Waals surface area (Å²) in [5, 5.41) is 0.616. The summed E-state index contributed by atoms with van der Waals surface area (Å²) in [6, 6.07) is 11.7. The minimum Gasteiger partial charge on any atom is -0.307 e. The van der Waals surface area contributed by atoms with Gasteiger partial charge in [0, 0.05) is 29.5 Å². The first-order valence-corrected chi connectivity index (χ1v) is 8.07. The van der Waals surface area contributed by atoms with Gasteiger partial charge < -0.3 is 4.90 Å². The number of aryl methyl sites for hydroxylation is 2. The molecule has 0 bridgehead atoms. The second-order valence-electron chi connectivity index (χ2n) is 5.81. The zero-order chi connectivity index (χ0) is 16.0. The fraction of sp³-hybridized carbons (Fsp3) is 0.222. The maximum absolute atomic E-state index is 13.2. The molecular weight excluding hydrogens is 310 g/mol. The van der Waals surface area contributed by atoms with E-state index in [1.54, 1.807) is 18.3 Å². The molecule has 0 unspecified atom stereocenters. The van der Waals surface area contributed by atoms with Gasteiger partial charge in [0.15, 0.2) is 0 Å². The van der Waals surface area contributed by atoms with Gasteiger partial charge in [0.25, 0.3) is 5.91 Å². The number of rotatable bonds is 1. The molecule has 3 aromatic rings. The van der Waals surface area contributed by atoms with Crippen LogP contribution in [0, 0.1) is 6.92 Å². The largest absolute Gasteiger partial charge is 0.307 e. The zero-order valence-electron chi connectivity index (χ0n) is 12.8. The van der Waals surface area contributed by atoms with Gasteiger partial charge in [0.1, 0.15) is 11.3 Å². The molecule has 0 saturated carbocycles. The molecule has 1 aromatic carbocycles. The van der Waals surface area contributed by atoms with E-state index in [0.717, 1.165) is 30.8 Å². The Morgan fingerprint density at radius 2 is 2.09 bits per heavy atom. The Hall–Kier alpha value is -2.33. The first kappa shape index (κ1) is 14.3. The third kappa shape index (κ3) is 2.30. The summed E-state index contributed by atoms with van der Waals surface area (Å²) in [7, 11) is 0. The monoisotopic (exact) mass is 325 g/mol. The van der Waals surface area contributed by atoms with Gasteiger partial charge in [-0.05, 0) is 37.5 Å². The lowest BCUT2D eigenvalue weighted by molar-refractivity contribution is 0.0979. The summed E-state index contributed by atoms with van der Waals surface area (Å²) < 4.78 is 1.82. The number of halogens is 1. The van der Waals surface area contributed by atoms with Crippen LogP contribution in [0.5, 0.6) is 0 Å². The quantitative estimate of drug-likeness (QED) is 0.680. The average molecular weight is 326 g/mol. The molecule has 23 heavy (non-hydrogen) atoms. The van der Waals surface area contributed by atoms with E-state index in [1.165, 1.54) is 5.56 Å². The minimum atomic E-state index is -0.00975. The third-order valence-corrected chi connectivity index (χ3v) is 4.56. The van der Waals surface area contributed by atoms with Crippen molar-refractivity contribution in [2.24, 2.45) is 0 Å². The number of benzene rings is 1. The number of anilines is 1. The van der Waals surface area contributed by atoms with E-state index in [1.807, 2.05) is 34.4 Å². The lowest BCUT2D eigenvalue weighted by Gasteiger charge is -2.29. The summed E-state index contributed by atoms with van der Waals surface area (Å²) in [5.41, 5.74) is 4.26. The predicted molar refractivity (Wildman–Crippen MR) is 91.4 cm³/mol. The molecule has 5 heteroatoms. The second-order valence-corrected chi connectivity index (χ2v) is 6.24. The van der Waals surface area contributed by atoms with Gasteiger partial charge in [0.2, 0.25) is 0 Å². The van der Waals surface area contributed by atoms with Crippen molar-refractivity contribution in [3.8, 4) is 0 Å². The number of imidazole rings is 1. The highest BCUT2D eigenvalue weighted by atomic mass is 35.5. The zero-order valence-corrected chi connectivity index (χ0v) is 13.5. The summed E-state index contributed by atoms with van der Waals surface area (Å²) >= 11 is 6.03. The first-order valence-electron chi connectivity index (χ1n) is 7.69. The van der Waals surface area contributed by atoms with E-state index in [0.29, 0.717) is 16.4 Å². The Balaban J connectivity index is 1.83. The second kappa shape index (κ2) is 5.39. The molecule has 116 valence electrons. The van der Waals surface area contributed by atoms with E-state index >= 15 is 0 Å². The average Bonchev–Trinajstić information content (AvgIpc) is 2.88. The minimum absolute atomic E-state index is 0.00975. The van der Waals surface area contributed by atoms with Crippen LogP contribution in [0.25, 0.3) is 5.65 Å². The highest BCUT2D eigenvalue weighted by molar-refractivity contribution is 6.30. The van der Waals surface area contributed by atoms with E-state index in [4.69, 9.17) is 11.6 Å². The molecule has 1 aliphatic rings. The van der Waals surface area contributed by atoms with Crippen LogP contribution in [0.15, 0.2) is 42.6 Å². The molecule has 1 amide bonds. The van der Waals surface area contributed by atoms with E-state index in [2.05, 4.69) is 11.1 Å². The van der Waals surface area contributed by atoms with Crippen molar-refractivity contribution in [1.29, 1.82) is 0 Å². The van der Waals surface area contributed by atoms with Gasteiger partial charge in [-0.2, -0.15) is 0 Å². The number of carbonyl (C=O) groups is 1. The SMILES string of the molecule is Cc1nc2cc(Cl)ccn2c1C(=O)N1CCCc2ccccc21. The number of hydrogen-bond donors (Lipinski definition) is 0. The highest BCUT2D eigenvalue weighted by Crippen LogP contribution is 2.29. The Bertz CT molecular complexity index is 916. The van der Waals surface area contributed by atoms with E-state index < -0.39 is 0 Å². The molecule has 0 fully saturated rings. The Kier molecular flexibility index (Phi) is 3.34. The highest BCUT2D eigenvalue weighted by Gasteiger charge is 2.27. The molecule has 0 atom stereocenters. The fourth-order valence-corrected chi connectivity index (χ4v) is 3.42. The number of pyridine rings is 1. The van der Waals surface area contributed by atoms with Crippen LogP contribution < -0.4 is 4.90 Å². The number of aromatic nitrogens is 2. The smallest absolute Gasteiger partial charge is 0.277 e. The third-order valence-electron chi connectivity index (χ3n) is 4.32. The van der Waals surface area contributed by atoms with Crippen LogP contribution in [0.1, 0.15) is 28.2 Å². The number of carbonyl (C=O) groups excluding carboxylic acids is 1. The summed E-state index contributed by atoms with van der Waals surface area (Å²) in [6.07, 6.45) is 3.80. The van der Waals surface area contributed by atoms with Crippen molar-refractivity contribution < 1.29 is 4.79 Å². The lowest BCUT2D eigenvalue weighted by atomic mass is 10.0. The van der Waals surface area contributed by atoms with Gasteiger partial charge in [-0.1, -0.05) is 29.8 Å². The molecule has 0 spiro atoms. The van der Waals surface area contributed by atoms with Crippen LogP contribution in [-0.2, 0) is 6.42 Å². The predicted octanol–water partition coefficient (Wildman–Crippen LogP) is 3.89. The van der Waals surface area contributed by atoms with Gasteiger partial charge in [-0.25, -0.2) is 4.98 Å². The maximum Gasteiger partial charge on any atom is 0.277 e. The van der Waals surface area contributed by atoms with Gasteiger partial charge >= 0.3 is 0 Å². The summed E-state index contributed by atoms with van der Waals surface area (Å²) in [6.45, 7) is 2.60. The number of para-hydroxylation sites is 1. The summed E-state index contributed by atoms with van der Waals surface area (Å²) in [5.74, 6) is -0.00975. The standard InChI is InChI=1S/C18H16ClN3O/c1-12-17(22-10-8-14(19)11-16(22)20-12)18(23)21-9-4-6-13-5-2-3-7-15(13)21/h2-3,5,7-8,10-11H,4,6,9H2,1H3. The van der Waals surface area contributed by atoms with E-state index in [9.17, 15) is 4.79 Å². The molecule has 1 aliphatic heterocycles. The number of hydrogen-bond acceptors (Lipinski definition) is 2. The number of fused-ring (bicyclic) bond motifs is 2. The lowest BCUT2D eigenvalue weighted by Crippen LogP contribution is -2.36. The maximum atomic E-state index is 13.2. The van der Waals surface area contributed by atoms with Gasteiger partial charge in [-0.15, -0.1) is 0 Å². The molecule has 3 heterocycles. The normalized spacial score (nSPS) is 14.1.